The summed E-state index contributed by atoms with van der Waals surface area (Å²) in [6.07, 6.45) is 2.84. The van der Waals surface area contributed by atoms with Crippen LogP contribution in [-0.2, 0) is 28.7 Å². The van der Waals surface area contributed by atoms with Gasteiger partial charge in [0.25, 0.3) is 0 Å². The third-order valence-corrected chi connectivity index (χ3v) is 6.50. The highest BCUT2D eigenvalue weighted by molar-refractivity contribution is 6.10. The predicted octanol–water partition coefficient (Wildman–Crippen LogP) is 4.70. The fraction of sp³-hybridized carbons (Fsp3) is 0.375. The van der Waals surface area contributed by atoms with Gasteiger partial charge in [0.15, 0.2) is 0 Å². The summed E-state index contributed by atoms with van der Waals surface area (Å²) in [6.45, 7) is 3.81. The first-order valence-corrected chi connectivity index (χ1v) is 14.3. The summed E-state index contributed by atoms with van der Waals surface area (Å²) in [5.74, 6) is -10.9. The van der Waals surface area contributed by atoms with Crippen LogP contribution in [0.5, 0.6) is 0 Å². The van der Waals surface area contributed by atoms with Crippen LogP contribution < -0.4 is 0 Å². The van der Waals surface area contributed by atoms with Gasteiger partial charge in [-0.3, -0.25) is 19.2 Å². The average Bonchev–Trinajstić information content (AvgIpc) is 3.01. The Morgan fingerprint density at radius 2 is 0.870 bits per heavy atom. The highest BCUT2D eigenvalue weighted by Gasteiger charge is 2.27. The number of carboxylic acids is 4. The van der Waals surface area contributed by atoms with Crippen LogP contribution >= 0.6 is 0 Å². The molecule has 0 saturated heterocycles. The summed E-state index contributed by atoms with van der Waals surface area (Å²) in [5, 5.41) is 36.1. The van der Waals surface area contributed by atoms with Crippen molar-refractivity contribution in [1.82, 2.24) is 0 Å². The van der Waals surface area contributed by atoms with Crippen molar-refractivity contribution in [3.63, 3.8) is 0 Å². The molecule has 0 aliphatic carbocycles. The molecule has 0 fully saturated rings. The Morgan fingerprint density at radius 3 is 1.15 bits per heavy atom. The molecule has 4 N–H and O–H groups in total. The molecule has 0 aliphatic rings. The van der Waals surface area contributed by atoms with Gasteiger partial charge in [0.05, 0.1) is 46.9 Å². The third kappa shape index (κ3) is 13.1. The molecule has 248 valence electrons. The first-order valence-electron chi connectivity index (χ1n) is 14.3. The maximum atomic E-state index is 12.0. The number of unbranched alkanes of at least 4 members (excludes halogenated alkanes) is 2. The van der Waals surface area contributed by atoms with E-state index >= 15 is 0 Å². The van der Waals surface area contributed by atoms with Crippen molar-refractivity contribution in [2.75, 3.05) is 0 Å². The Morgan fingerprint density at radius 1 is 0.543 bits per heavy atom. The largest absolute Gasteiger partial charge is 0.481 e. The van der Waals surface area contributed by atoms with Crippen molar-refractivity contribution in [2.24, 2.45) is 11.8 Å². The number of carbonyl (C=O) groups excluding carboxylic acids is 4. The smallest absolute Gasteiger partial charge is 0.346 e. The SMILES string of the molecule is CCCCC(CC(=O)OC(=O)CC(CCCC)C(=O)O)C(=O)O.O=C(O)c1ccccc1C(=O)OC(=O)c1ccccc1C(=O)O. The van der Waals surface area contributed by atoms with Gasteiger partial charge >= 0.3 is 47.8 Å². The molecule has 0 radical (unpaired) electrons. The van der Waals surface area contributed by atoms with Crippen LogP contribution in [0.15, 0.2) is 48.5 Å². The van der Waals surface area contributed by atoms with Gasteiger partial charge in [-0.2, -0.15) is 0 Å². The number of esters is 4. The van der Waals surface area contributed by atoms with E-state index in [9.17, 15) is 38.4 Å². The van der Waals surface area contributed by atoms with E-state index in [0.29, 0.717) is 25.7 Å². The lowest BCUT2D eigenvalue weighted by Crippen LogP contribution is -2.24. The minimum atomic E-state index is -1.35. The molecule has 14 nitrogen and oxygen atoms in total. The zero-order valence-electron chi connectivity index (χ0n) is 25.3. The fourth-order valence-corrected chi connectivity index (χ4v) is 4.03. The number of hydrogen-bond donors (Lipinski definition) is 4. The van der Waals surface area contributed by atoms with Gasteiger partial charge in [-0.15, -0.1) is 0 Å². The zero-order valence-corrected chi connectivity index (χ0v) is 25.3. The Kier molecular flexibility index (Phi) is 16.6. The first kappa shape index (κ1) is 38.6. The Balaban J connectivity index is 0.000000460. The predicted molar refractivity (Wildman–Crippen MR) is 158 cm³/mol. The molecule has 2 unspecified atom stereocenters. The van der Waals surface area contributed by atoms with Crippen molar-refractivity contribution < 1.29 is 68.3 Å². The van der Waals surface area contributed by atoms with Gasteiger partial charge in [0.2, 0.25) is 0 Å². The molecule has 0 saturated carbocycles. The van der Waals surface area contributed by atoms with Gasteiger partial charge in [0, 0.05) is 0 Å². The van der Waals surface area contributed by atoms with Crippen LogP contribution in [0, 0.1) is 11.8 Å². The number of ether oxygens (including phenoxy) is 2. The minimum absolute atomic E-state index is 0.304. The van der Waals surface area contributed by atoms with Crippen molar-refractivity contribution in [3.8, 4) is 0 Å². The molecule has 0 amide bonds. The summed E-state index contributed by atoms with van der Waals surface area (Å²) in [4.78, 5) is 91.4. The maximum absolute atomic E-state index is 12.0. The molecule has 14 heteroatoms. The van der Waals surface area contributed by atoms with Crippen molar-refractivity contribution >= 4 is 47.8 Å². The number of carboxylic acid groups (broad SMARTS) is 4. The van der Waals surface area contributed by atoms with Crippen LogP contribution in [0.2, 0.25) is 0 Å². The second-order valence-electron chi connectivity index (χ2n) is 9.99. The molecule has 0 aliphatic heterocycles. The normalized spacial score (nSPS) is 11.5. The van der Waals surface area contributed by atoms with Crippen LogP contribution in [0.4, 0.5) is 0 Å². The Hall–Kier alpha value is -5.40. The van der Waals surface area contributed by atoms with E-state index in [4.69, 9.17) is 20.4 Å². The van der Waals surface area contributed by atoms with Crippen molar-refractivity contribution in [1.29, 1.82) is 0 Å². The molecule has 2 atom stereocenters. The summed E-state index contributed by atoms with van der Waals surface area (Å²) < 4.78 is 9.17. The van der Waals surface area contributed by atoms with Crippen LogP contribution in [0.3, 0.4) is 0 Å². The molecule has 0 aromatic heterocycles. The lowest BCUT2D eigenvalue weighted by molar-refractivity contribution is -0.164. The number of benzene rings is 2. The summed E-state index contributed by atoms with van der Waals surface area (Å²) in [5.41, 5.74) is -1.25. The quantitative estimate of drug-likeness (QED) is 0.143. The lowest BCUT2D eigenvalue weighted by atomic mass is 9.98. The van der Waals surface area contributed by atoms with Gasteiger partial charge in [-0.25, -0.2) is 19.2 Å². The van der Waals surface area contributed by atoms with E-state index in [2.05, 4.69) is 9.47 Å². The molecule has 2 aromatic rings. The molecule has 0 bridgehead atoms. The summed E-state index contributed by atoms with van der Waals surface area (Å²) >= 11 is 0. The first-order chi connectivity index (χ1) is 21.7. The number of rotatable bonds is 16. The molecule has 2 rings (SSSR count). The average molecular weight is 645 g/mol. The Labute approximate surface area is 263 Å². The number of carbonyl (C=O) groups is 8. The van der Waals surface area contributed by atoms with E-state index in [1.54, 1.807) is 0 Å². The topological polar surface area (TPSA) is 236 Å². The van der Waals surface area contributed by atoms with E-state index in [0.717, 1.165) is 12.8 Å². The second kappa shape index (κ2) is 19.8. The monoisotopic (exact) mass is 644 g/mol. The van der Waals surface area contributed by atoms with Gasteiger partial charge in [-0.05, 0) is 37.1 Å². The number of hydrogen-bond acceptors (Lipinski definition) is 10. The Bertz CT molecular complexity index is 1320. The van der Waals surface area contributed by atoms with Crippen molar-refractivity contribution in [3.05, 3.63) is 70.8 Å². The maximum Gasteiger partial charge on any atom is 0.346 e. The third-order valence-electron chi connectivity index (χ3n) is 6.50. The number of aromatic carboxylic acids is 2. The van der Waals surface area contributed by atoms with E-state index in [1.807, 2.05) is 13.8 Å². The zero-order chi connectivity index (χ0) is 34.8. The molecule has 0 heterocycles. The van der Waals surface area contributed by atoms with Gasteiger partial charge in [-0.1, -0.05) is 63.8 Å². The van der Waals surface area contributed by atoms with Crippen LogP contribution in [0.25, 0.3) is 0 Å². The fourth-order valence-electron chi connectivity index (χ4n) is 4.03. The molecule has 0 spiro atoms. The molecule has 46 heavy (non-hydrogen) atoms. The summed E-state index contributed by atoms with van der Waals surface area (Å²) in [6, 6.07) is 10.4. The van der Waals surface area contributed by atoms with Gasteiger partial charge < -0.3 is 29.9 Å². The van der Waals surface area contributed by atoms with Gasteiger partial charge in [0.1, 0.15) is 0 Å². The van der Waals surface area contributed by atoms with E-state index in [-0.39, 0.29) is 35.1 Å². The standard InChI is InChI=1S/C16H10O7.C16H26O7/c17-13(18)9-5-1-3-7-11(9)15(21)23-16(22)12-8-4-2-6-10(12)14(19)20;1-3-5-7-11(15(19)20)9-13(17)23-14(18)10-12(16(21)22)8-6-4-2/h1-8H,(H,17,18)(H,19,20);11-12H,3-10H2,1-2H3,(H,19,20)(H,21,22). The van der Waals surface area contributed by atoms with E-state index < -0.39 is 59.6 Å². The van der Waals surface area contributed by atoms with Crippen molar-refractivity contribution in [2.45, 2.75) is 65.2 Å². The second-order valence-corrected chi connectivity index (χ2v) is 9.99. The summed E-state index contributed by atoms with van der Waals surface area (Å²) in [7, 11) is 0. The van der Waals surface area contributed by atoms with Crippen LogP contribution in [0.1, 0.15) is 107 Å². The number of aliphatic carboxylic acids is 2. The lowest BCUT2D eigenvalue weighted by Gasteiger charge is -2.12. The highest BCUT2D eigenvalue weighted by atomic mass is 16.6. The van der Waals surface area contributed by atoms with E-state index in [1.165, 1.54) is 48.5 Å². The molecular weight excluding hydrogens is 608 g/mol. The molecular formula is C32H36O14. The minimum Gasteiger partial charge on any atom is -0.481 e. The highest BCUT2D eigenvalue weighted by Crippen LogP contribution is 2.18. The van der Waals surface area contributed by atoms with Crippen LogP contribution in [-0.4, -0.2) is 68.2 Å². The molecule has 2 aromatic carbocycles.